The van der Waals surface area contributed by atoms with Crippen LogP contribution in [0.1, 0.15) is 27.6 Å². The molecule has 2 N–H and O–H groups in total. The molecule has 0 aliphatic rings. The Bertz CT molecular complexity index is 799. The molecule has 0 aliphatic heterocycles. The average Bonchev–Trinajstić information content (AvgIpc) is 2.54. The van der Waals surface area contributed by atoms with Gasteiger partial charge in [0, 0.05) is 12.5 Å². The summed E-state index contributed by atoms with van der Waals surface area (Å²) in [5, 5.41) is 11.7. The summed E-state index contributed by atoms with van der Waals surface area (Å²) in [6.45, 7) is 1.25. The van der Waals surface area contributed by atoms with Crippen LogP contribution in [0.15, 0.2) is 42.5 Å². The zero-order valence-electron chi connectivity index (χ0n) is 13.0. The van der Waals surface area contributed by atoms with E-state index in [4.69, 9.17) is 14.6 Å². The maximum atomic E-state index is 12.3. The molecule has 0 aliphatic carbocycles. The predicted molar refractivity (Wildman–Crippen MR) is 85.7 cm³/mol. The quantitative estimate of drug-likeness (QED) is 0.646. The summed E-state index contributed by atoms with van der Waals surface area (Å²) in [6.07, 6.45) is 0. The smallest absolute Gasteiger partial charge is 0.337 e. The molecule has 24 heavy (non-hydrogen) atoms. The highest BCUT2D eigenvalue weighted by atomic mass is 16.6. The summed E-state index contributed by atoms with van der Waals surface area (Å²) in [7, 11) is 1.38. The number of carboxylic acids is 1. The number of benzene rings is 2. The van der Waals surface area contributed by atoms with Crippen LogP contribution in [-0.4, -0.2) is 30.1 Å². The van der Waals surface area contributed by atoms with Gasteiger partial charge >= 0.3 is 11.9 Å². The number of nitrogens with one attached hydrogen (secondary N) is 1. The highest BCUT2D eigenvalue weighted by Crippen LogP contribution is 2.28. The van der Waals surface area contributed by atoms with Crippen molar-refractivity contribution in [2.75, 3.05) is 12.4 Å². The first-order valence-corrected chi connectivity index (χ1v) is 6.92. The fraction of sp³-hybridized carbons (Fsp3) is 0.118. The summed E-state index contributed by atoms with van der Waals surface area (Å²) in [5.41, 5.74) is 0.385. The number of anilines is 1. The van der Waals surface area contributed by atoms with Gasteiger partial charge in [-0.2, -0.15) is 0 Å². The van der Waals surface area contributed by atoms with Crippen LogP contribution >= 0.6 is 0 Å². The van der Waals surface area contributed by atoms with E-state index in [0.717, 1.165) is 0 Å². The summed E-state index contributed by atoms with van der Waals surface area (Å²) in [5.74, 6) is -1.78. The van der Waals surface area contributed by atoms with Crippen molar-refractivity contribution in [2.24, 2.45) is 0 Å². The molecular weight excluding hydrogens is 314 g/mol. The van der Waals surface area contributed by atoms with Crippen LogP contribution in [-0.2, 0) is 4.79 Å². The molecule has 2 aromatic rings. The molecule has 7 heteroatoms. The number of para-hydroxylation sites is 1. The SMILES string of the molecule is COc1cc(C(=O)Nc2ccccc2C(=O)O)ccc1OC(C)=O. The van der Waals surface area contributed by atoms with Crippen molar-refractivity contribution in [3.05, 3.63) is 53.6 Å². The number of carbonyl (C=O) groups is 3. The number of esters is 1. The van der Waals surface area contributed by atoms with Crippen LogP contribution in [0.5, 0.6) is 11.5 Å². The van der Waals surface area contributed by atoms with Gasteiger partial charge < -0.3 is 19.9 Å². The van der Waals surface area contributed by atoms with Gasteiger partial charge in [0.25, 0.3) is 5.91 Å². The monoisotopic (exact) mass is 329 g/mol. The van der Waals surface area contributed by atoms with Crippen molar-refractivity contribution in [2.45, 2.75) is 6.92 Å². The topological polar surface area (TPSA) is 102 Å². The van der Waals surface area contributed by atoms with E-state index in [1.165, 1.54) is 44.4 Å². The van der Waals surface area contributed by atoms with Crippen molar-refractivity contribution in [3.63, 3.8) is 0 Å². The van der Waals surface area contributed by atoms with Crippen LogP contribution in [0.4, 0.5) is 5.69 Å². The van der Waals surface area contributed by atoms with E-state index < -0.39 is 17.8 Å². The maximum absolute atomic E-state index is 12.3. The van der Waals surface area contributed by atoms with Gasteiger partial charge in [0.2, 0.25) is 0 Å². The fourth-order valence-corrected chi connectivity index (χ4v) is 2.02. The number of methoxy groups -OCH3 is 1. The first kappa shape index (κ1) is 17.0. The van der Waals surface area contributed by atoms with Crippen LogP contribution < -0.4 is 14.8 Å². The van der Waals surface area contributed by atoms with Crippen LogP contribution in [0.25, 0.3) is 0 Å². The molecule has 0 radical (unpaired) electrons. The molecule has 2 rings (SSSR count). The highest BCUT2D eigenvalue weighted by molar-refractivity contribution is 6.08. The molecule has 0 fully saturated rings. The normalized spacial score (nSPS) is 9.92. The Morgan fingerprint density at radius 1 is 1.04 bits per heavy atom. The second kappa shape index (κ2) is 7.28. The molecule has 0 saturated carbocycles. The van der Waals surface area contributed by atoms with Crippen LogP contribution in [0.2, 0.25) is 0 Å². The van der Waals surface area contributed by atoms with E-state index in [1.54, 1.807) is 12.1 Å². The van der Waals surface area contributed by atoms with Crippen molar-refractivity contribution in [1.82, 2.24) is 0 Å². The molecule has 0 heterocycles. The van der Waals surface area contributed by atoms with E-state index in [2.05, 4.69) is 5.32 Å². The van der Waals surface area contributed by atoms with Gasteiger partial charge in [-0.25, -0.2) is 4.79 Å². The second-order valence-corrected chi connectivity index (χ2v) is 4.76. The summed E-state index contributed by atoms with van der Waals surface area (Å²) >= 11 is 0. The third-order valence-electron chi connectivity index (χ3n) is 3.09. The number of ether oxygens (including phenoxy) is 2. The molecule has 0 atom stereocenters. The second-order valence-electron chi connectivity index (χ2n) is 4.76. The Kier molecular flexibility index (Phi) is 5.16. The minimum atomic E-state index is -1.14. The molecule has 7 nitrogen and oxygen atoms in total. The largest absolute Gasteiger partial charge is 0.493 e. The van der Waals surface area contributed by atoms with E-state index >= 15 is 0 Å². The van der Waals surface area contributed by atoms with Crippen LogP contribution in [0, 0.1) is 0 Å². The number of aromatic carboxylic acids is 1. The number of rotatable bonds is 5. The molecule has 0 aromatic heterocycles. The molecule has 2 aromatic carbocycles. The average molecular weight is 329 g/mol. The minimum Gasteiger partial charge on any atom is -0.493 e. The minimum absolute atomic E-state index is 0.0191. The van der Waals surface area contributed by atoms with Crippen molar-refractivity contribution in [3.8, 4) is 11.5 Å². The standard InChI is InChI=1S/C17H15NO6/c1-10(19)24-14-8-7-11(9-15(14)23-2)16(20)18-13-6-4-3-5-12(13)17(21)22/h3-9H,1-2H3,(H,18,20)(H,21,22). The molecular formula is C17H15NO6. The number of hydrogen-bond acceptors (Lipinski definition) is 5. The number of amides is 1. The van der Waals surface area contributed by atoms with Crippen LogP contribution in [0.3, 0.4) is 0 Å². The van der Waals surface area contributed by atoms with Gasteiger partial charge in [-0.3, -0.25) is 9.59 Å². The molecule has 1 amide bonds. The zero-order chi connectivity index (χ0) is 17.7. The van der Waals surface area contributed by atoms with Gasteiger partial charge in [0.15, 0.2) is 11.5 Å². The van der Waals surface area contributed by atoms with E-state index in [0.29, 0.717) is 0 Å². The summed E-state index contributed by atoms with van der Waals surface area (Å²) < 4.78 is 10.1. The molecule has 0 bridgehead atoms. The molecule has 0 unspecified atom stereocenters. The predicted octanol–water partition coefficient (Wildman–Crippen LogP) is 2.57. The summed E-state index contributed by atoms with van der Waals surface area (Å²) in [4.78, 5) is 34.5. The lowest BCUT2D eigenvalue weighted by molar-refractivity contribution is -0.132. The van der Waals surface area contributed by atoms with Crippen molar-refractivity contribution >= 4 is 23.5 Å². The lowest BCUT2D eigenvalue weighted by Crippen LogP contribution is -2.15. The molecule has 124 valence electrons. The third kappa shape index (κ3) is 3.89. The Labute approximate surface area is 137 Å². The molecule has 0 spiro atoms. The van der Waals surface area contributed by atoms with Gasteiger partial charge in [-0.15, -0.1) is 0 Å². The first-order valence-electron chi connectivity index (χ1n) is 6.92. The van der Waals surface area contributed by atoms with Crippen molar-refractivity contribution < 1.29 is 29.0 Å². The van der Waals surface area contributed by atoms with Gasteiger partial charge in [0.05, 0.1) is 18.4 Å². The zero-order valence-corrected chi connectivity index (χ0v) is 13.0. The van der Waals surface area contributed by atoms with Gasteiger partial charge in [0.1, 0.15) is 0 Å². The van der Waals surface area contributed by atoms with E-state index in [-0.39, 0.29) is 28.3 Å². The number of carboxylic acid groups (broad SMARTS) is 1. The lowest BCUT2D eigenvalue weighted by atomic mass is 10.1. The van der Waals surface area contributed by atoms with Gasteiger partial charge in [-0.05, 0) is 30.3 Å². The fourth-order valence-electron chi connectivity index (χ4n) is 2.02. The van der Waals surface area contributed by atoms with Gasteiger partial charge in [-0.1, -0.05) is 12.1 Å². The maximum Gasteiger partial charge on any atom is 0.337 e. The van der Waals surface area contributed by atoms with E-state index in [1.807, 2.05) is 0 Å². The number of hydrogen-bond donors (Lipinski definition) is 2. The lowest BCUT2D eigenvalue weighted by Gasteiger charge is -2.11. The Hall–Kier alpha value is -3.35. The highest BCUT2D eigenvalue weighted by Gasteiger charge is 2.15. The number of carbonyl (C=O) groups excluding carboxylic acids is 2. The third-order valence-corrected chi connectivity index (χ3v) is 3.09. The Morgan fingerprint density at radius 3 is 2.38 bits per heavy atom. The Morgan fingerprint density at radius 2 is 1.75 bits per heavy atom. The molecule has 0 saturated heterocycles. The van der Waals surface area contributed by atoms with E-state index in [9.17, 15) is 14.4 Å². The Balaban J connectivity index is 2.27. The first-order chi connectivity index (χ1) is 11.4. The summed E-state index contributed by atoms with van der Waals surface area (Å²) in [6, 6.07) is 10.3. The van der Waals surface area contributed by atoms with Crippen molar-refractivity contribution in [1.29, 1.82) is 0 Å².